The van der Waals surface area contributed by atoms with Gasteiger partial charge in [0.05, 0.1) is 11.1 Å². The monoisotopic (exact) mass is 259 g/mol. The van der Waals surface area contributed by atoms with Crippen LogP contribution in [0.2, 0.25) is 0 Å². The molecule has 0 saturated heterocycles. The molecule has 6 nitrogen and oxygen atoms in total. The topological polar surface area (TPSA) is 87.1 Å². The lowest BCUT2D eigenvalue weighted by Crippen LogP contribution is -2.28. The molecule has 0 unspecified atom stereocenters. The van der Waals surface area contributed by atoms with Crippen molar-refractivity contribution < 1.29 is 24.0 Å². The van der Waals surface area contributed by atoms with Gasteiger partial charge in [-0.2, -0.15) is 4.62 Å². The molecule has 1 aromatic carbocycles. The molecule has 2 amide bonds. The number of hydroxylamine groups is 2. The lowest BCUT2D eigenvalue weighted by atomic mass is 10.1. The lowest BCUT2D eigenvalue weighted by Gasteiger charge is -2.15. The minimum absolute atomic E-state index is 0.149. The zero-order valence-corrected chi connectivity index (χ0v) is 9.44. The number of amides is 2. The minimum Gasteiger partial charge on any atom is -0.323 e. The fourth-order valence-electron chi connectivity index (χ4n) is 1.35. The van der Waals surface area contributed by atoms with Crippen molar-refractivity contribution in [3.05, 3.63) is 35.4 Å². The van der Waals surface area contributed by atoms with E-state index in [1.165, 1.54) is 12.1 Å². The molecular formula is C8H6NO5PS. The van der Waals surface area contributed by atoms with Crippen LogP contribution >= 0.6 is 6.72 Å². The Morgan fingerprint density at radius 1 is 1.12 bits per heavy atom. The number of benzene rings is 1. The van der Waals surface area contributed by atoms with Crippen LogP contribution in [0.3, 0.4) is 0 Å². The van der Waals surface area contributed by atoms with Crippen LogP contribution in [0.4, 0.5) is 0 Å². The number of nitrogens with zero attached hydrogens (tertiary/aromatic N) is 1. The van der Waals surface area contributed by atoms with Crippen LogP contribution in [0, 0.1) is 0 Å². The number of rotatable bonds is 2. The predicted octanol–water partition coefficient (Wildman–Crippen LogP) is 0.423. The number of carbonyl (C=O) groups is 2. The molecule has 1 aliphatic rings. The predicted molar refractivity (Wildman–Crippen MR) is 56.7 cm³/mol. The summed E-state index contributed by atoms with van der Waals surface area (Å²) in [6.07, 6.45) is 0. The molecule has 0 radical (unpaired) electrons. The third kappa shape index (κ3) is 1.91. The van der Waals surface area contributed by atoms with Gasteiger partial charge in [-0.25, -0.2) is 0 Å². The number of fused-ring (bicyclic) bond motifs is 1. The van der Waals surface area contributed by atoms with Gasteiger partial charge in [-0.1, -0.05) is 12.1 Å². The van der Waals surface area contributed by atoms with Gasteiger partial charge in [0.2, 0.25) is 0 Å². The summed E-state index contributed by atoms with van der Waals surface area (Å²) in [5.74, 6) is -1.50. The second-order valence-electron chi connectivity index (χ2n) is 3.02. The van der Waals surface area contributed by atoms with Gasteiger partial charge in [-0.15, -0.1) is 5.06 Å². The molecule has 0 aliphatic carbocycles. The normalized spacial score (nSPS) is 15.5. The average Bonchev–Trinajstić information content (AvgIpc) is 2.43. The minimum atomic E-state index is -4.10. The van der Waals surface area contributed by atoms with Gasteiger partial charge in [-0.3, -0.25) is 9.59 Å². The van der Waals surface area contributed by atoms with E-state index in [-0.39, 0.29) is 16.2 Å². The molecule has 0 atom stereocenters. The molecule has 8 heteroatoms. The van der Waals surface area contributed by atoms with Crippen LogP contribution in [0.15, 0.2) is 24.3 Å². The summed E-state index contributed by atoms with van der Waals surface area (Å²) in [5, 5.41) is 0.283. The average molecular weight is 259 g/mol. The van der Waals surface area contributed by atoms with E-state index >= 15 is 0 Å². The maximum atomic E-state index is 11.6. The van der Waals surface area contributed by atoms with Crippen molar-refractivity contribution in [3.8, 4) is 0 Å². The van der Waals surface area contributed by atoms with Crippen LogP contribution in [-0.2, 0) is 16.4 Å². The maximum Gasteiger partial charge on any atom is 0.344 e. The van der Waals surface area contributed by atoms with Gasteiger partial charge < -0.3 is 9.79 Å². The summed E-state index contributed by atoms with van der Waals surface area (Å²) in [6, 6.07) is 6.05. The molecule has 0 spiro atoms. The smallest absolute Gasteiger partial charge is 0.323 e. The Bertz CT molecular complexity index is 490. The molecule has 1 aliphatic heterocycles. The molecule has 2 N–H and O–H groups in total. The van der Waals surface area contributed by atoms with Crippen LogP contribution in [-0.4, -0.2) is 26.7 Å². The van der Waals surface area contributed by atoms with Crippen molar-refractivity contribution in [3.63, 3.8) is 0 Å². The first-order chi connectivity index (χ1) is 7.40. The van der Waals surface area contributed by atoms with Crippen molar-refractivity contribution in [2.75, 3.05) is 0 Å². The lowest BCUT2D eigenvalue weighted by molar-refractivity contribution is -0.0216. The summed E-state index contributed by atoms with van der Waals surface area (Å²) < 4.78 is 4.38. The van der Waals surface area contributed by atoms with E-state index in [2.05, 4.69) is 16.4 Å². The molecule has 1 aromatic rings. The van der Waals surface area contributed by atoms with E-state index in [0.717, 1.165) is 0 Å². The quantitative estimate of drug-likeness (QED) is 0.591. The fourth-order valence-corrected chi connectivity index (χ4v) is 1.91. The molecule has 0 bridgehead atoms. The highest BCUT2D eigenvalue weighted by Gasteiger charge is 2.39. The van der Waals surface area contributed by atoms with Crippen LogP contribution < -0.4 is 0 Å². The molecule has 0 aromatic heterocycles. The highest BCUT2D eigenvalue weighted by molar-refractivity contribution is 8.06. The number of hydrogen-bond acceptors (Lipinski definition) is 4. The Labute approximate surface area is 95.3 Å². The van der Waals surface area contributed by atoms with Crippen LogP contribution in [0.1, 0.15) is 20.7 Å². The zero-order valence-electron chi connectivity index (χ0n) is 7.73. The first-order valence-electron chi connectivity index (χ1n) is 4.13. The van der Waals surface area contributed by atoms with Gasteiger partial charge in [0.15, 0.2) is 0 Å². The first-order valence-corrected chi connectivity index (χ1v) is 6.76. The Kier molecular flexibility index (Phi) is 2.65. The van der Waals surface area contributed by atoms with Crippen molar-refractivity contribution in [1.29, 1.82) is 0 Å². The van der Waals surface area contributed by atoms with E-state index in [0.29, 0.717) is 0 Å². The summed E-state index contributed by atoms with van der Waals surface area (Å²) in [6.45, 7) is -4.10. The third-order valence-corrected chi connectivity index (χ3v) is 2.52. The number of imide groups is 1. The second kappa shape index (κ2) is 3.73. The van der Waals surface area contributed by atoms with Crippen LogP contribution in [0.5, 0.6) is 0 Å². The maximum absolute atomic E-state index is 11.6. The number of hydrogen-bond donors (Lipinski definition) is 2. The van der Waals surface area contributed by atoms with E-state index in [1.807, 2.05) is 0 Å². The summed E-state index contributed by atoms with van der Waals surface area (Å²) in [5.41, 5.74) is 0.298. The molecule has 0 saturated carbocycles. The Morgan fingerprint density at radius 3 is 1.94 bits per heavy atom. The molecule has 1 heterocycles. The van der Waals surface area contributed by atoms with Gasteiger partial charge in [0, 0.05) is 0 Å². The molecule has 2 rings (SSSR count). The van der Waals surface area contributed by atoms with E-state index in [9.17, 15) is 9.59 Å². The van der Waals surface area contributed by atoms with E-state index < -0.39 is 18.5 Å². The van der Waals surface area contributed by atoms with Gasteiger partial charge >= 0.3 is 6.72 Å². The standard InChI is InChI=1S/C8H6NO5PS/c10-7-5-3-1-2-4-6(5)8(11)9(7)14-15(12,13)16/h1-4H,(H2,12,13,16). The van der Waals surface area contributed by atoms with Crippen molar-refractivity contribution in [1.82, 2.24) is 5.06 Å². The Balaban J connectivity index is 2.39. The van der Waals surface area contributed by atoms with E-state index in [4.69, 9.17) is 9.79 Å². The number of carbonyl (C=O) groups excluding carboxylic acids is 2. The Morgan fingerprint density at radius 2 is 1.56 bits per heavy atom. The van der Waals surface area contributed by atoms with Crippen molar-refractivity contribution in [2.24, 2.45) is 0 Å². The SMILES string of the molecule is O=C1c2ccccc2C(=O)N1OP(O)(O)=S. The van der Waals surface area contributed by atoms with Gasteiger partial charge in [0.25, 0.3) is 11.8 Å². The third-order valence-electron chi connectivity index (χ3n) is 1.94. The molecule has 16 heavy (non-hydrogen) atoms. The highest BCUT2D eigenvalue weighted by Crippen LogP contribution is 2.40. The first kappa shape index (κ1) is 11.4. The molecular weight excluding hydrogens is 253 g/mol. The van der Waals surface area contributed by atoms with Gasteiger partial charge in [-0.05, 0) is 23.9 Å². The van der Waals surface area contributed by atoms with Crippen molar-refractivity contribution >= 4 is 30.3 Å². The van der Waals surface area contributed by atoms with Gasteiger partial charge in [0.1, 0.15) is 0 Å². The second-order valence-corrected chi connectivity index (χ2v) is 5.59. The van der Waals surface area contributed by atoms with Crippen LogP contribution in [0.25, 0.3) is 0 Å². The summed E-state index contributed by atoms with van der Waals surface area (Å²) in [4.78, 5) is 41.0. The Hall–Kier alpha value is -1.11. The van der Waals surface area contributed by atoms with E-state index in [1.54, 1.807) is 12.1 Å². The largest absolute Gasteiger partial charge is 0.344 e. The van der Waals surface area contributed by atoms with Crippen molar-refractivity contribution in [2.45, 2.75) is 0 Å². The highest BCUT2D eigenvalue weighted by atomic mass is 32.5. The fraction of sp³-hybridized carbons (Fsp3) is 0. The summed E-state index contributed by atoms with van der Waals surface area (Å²) >= 11 is 4.19. The summed E-state index contributed by atoms with van der Waals surface area (Å²) in [7, 11) is 0. The molecule has 0 fully saturated rings. The molecule has 84 valence electrons. The zero-order chi connectivity index (χ0) is 11.9.